The average Bonchev–Trinajstić information content (AvgIpc) is 3.30. The Morgan fingerprint density at radius 2 is 2.14 bits per heavy atom. The van der Waals surface area contributed by atoms with Crippen LogP contribution in [0.5, 0.6) is 0 Å². The maximum absolute atomic E-state index is 14.6. The average molecular weight is 396 g/mol. The quantitative estimate of drug-likeness (QED) is 0.684. The number of benzene rings is 1. The Bertz CT molecular complexity index is 1160. The van der Waals surface area contributed by atoms with Crippen molar-refractivity contribution in [1.82, 2.24) is 14.5 Å². The molecule has 29 heavy (non-hydrogen) atoms. The smallest absolute Gasteiger partial charge is 0.238 e. The van der Waals surface area contributed by atoms with E-state index < -0.39 is 23.9 Å². The molecule has 1 aromatic carbocycles. The van der Waals surface area contributed by atoms with Crippen molar-refractivity contribution in [2.75, 3.05) is 17.3 Å². The minimum absolute atomic E-state index is 0.00241. The van der Waals surface area contributed by atoms with Gasteiger partial charge < -0.3 is 14.8 Å². The maximum atomic E-state index is 14.6. The number of aryl methyl sites for hydroxylation is 2. The van der Waals surface area contributed by atoms with Crippen LogP contribution >= 0.6 is 0 Å². The fraction of sp³-hybridized carbons (Fsp3) is 0.300. The van der Waals surface area contributed by atoms with Gasteiger partial charge in [-0.1, -0.05) is 0 Å². The Labute approximate surface area is 165 Å². The van der Waals surface area contributed by atoms with E-state index in [1.807, 2.05) is 12.1 Å². The van der Waals surface area contributed by atoms with Crippen LogP contribution in [0.2, 0.25) is 0 Å². The summed E-state index contributed by atoms with van der Waals surface area (Å²) in [7, 11) is 3.47. The van der Waals surface area contributed by atoms with Crippen molar-refractivity contribution in [1.29, 1.82) is 5.26 Å². The van der Waals surface area contributed by atoms with Crippen LogP contribution in [-0.4, -0.2) is 33.7 Å². The number of hydrogen-bond acceptors (Lipinski definition) is 5. The molecular formula is C20H18F2N6O. The van der Waals surface area contributed by atoms with Gasteiger partial charge in [-0.25, -0.2) is 14.4 Å². The monoisotopic (exact) mass is 396 g/mol. The second kappa shape index (κ2) is 6.81. The zero-order valence-electron chi connectivity index (χ0n) is 16.1. The largest absolute Gasteiger partial charge is 0.341 e. The number of hydrogen-bond donors (Lipinski definition) is 1. The van der Waals surface area contributed by atoms with Gasteiger partial charge in [-0.2, -0.15) is 9.65 Å². The van der Waals surface area contributed by atoms with E-state index in [2.05, 4.69) is 15.3 Å². The van der Waals surface area contributed by atoms with Crippen LogP contribution in [0.3, 0.4) is 0 Å². The molecule has 2 atom stereocenters. The molecule has 3 aromatic rings. The minimum Gasteiger partial charge on any atom is -0.341 e. The lowest BCUT2D eigenvalue weighted by atomic mass is 10.1. The van der Waals surface area contributed by atoms with Crippen molar-refractivity contribution in [2.45, 2.75) is 19.5 Å². The lowest BCUT2D eigenvalue weighted by Gasteiger charge is -2.23. The lowest BCUT2D eigenvalue weighted by Crippen LogP contribution is -2.17. The first-order valence-electron chi connectivity index (χ1n) is 9.01. The molecule has 1 fully saturated rings. The molecule has 2 aromatic heterocycles. The summed E-state index contributed by atoms with van der Waals surface area (Å²) in [6, 6.07) is 6.82. The molecule has 0 bridgehead atoms. The van der Waals surface area contributed by atoms with Gasteiger partial charge in [-0.3, -0.25) is 4.79 Å². The summed E-state index contributed by atoms with van der Waals surface area (Å²) in [6.45, 7) is 1.69. The first-order valence-corrected chi connectivity index (χ1v) is 9.01. The third-order valence-electron chi connectivity index (χ3n) is 5.10. The number of pyridine rings is 1. The van der Waals surface area contributed by atoms with E-state index in [1.54, 1.807) is 42.9 Å². The highest BCUT2D eigenvalue weighted by atomic mass is 19.1. The highest BCUT2D eigenvalue weighted by Gasteiger charge is 2.43. The van der Waals surface area contributed by atoms with Crippen molar-refractivity contribution in [2.24, 2.45) is 13.0 Å². The zero-order valence-corrected chi connectivity index (χ0v) is 16.1. The van der Waals surface area contributed by atoms with Gasteiger partial charge >= 0.3 is 0 Å². The fourth-order valence-corrected chi connectivity index (χ4v) is 3.38. The van der Waals surface area contributed by atoms with Crippen LogP contribution < -0.4 is 10.2 Å². The summed E-state index contributed by atoms with van der Waals surface area (Å²) in [5.41, 5.74) is 3.05. The Morgan fingerprint density at radius 3 is 2.76 bits per heavy atom. The number of aromatic nitrogens is 3. The van der Waals surface area contributed by atoms with E-state index >= 15 is 0 Å². The van der Waals surface area contributed by atoms with Crippen molar-refractivity contribution >= 4 is 34.0 Å². The summed E-state index contributed by atoms with van der Waals surface area (Å²) in [5.74, 6) is -1.80. The molecule has 1 saturated carbocycles. The normalized spacial score (nSPS) is 17.8. The number of rotatable bonds is 4. The van der Waals surface area contributed by atoms with Crippen LogP contribution in [0.1, 0.15) is 17.7 Å². The van der Waals surface area contributed by atoms with Crippen LogP contribution in [0.4, 0.5) is 25.8 Å². The Balaban J connectivity index is 1.79. The summed E-state index contributed by atoms with van der Waals surface area (Å²) in [6.07, 6.45) is 0.716. The molecule has 4 rings (SSSR count). The predicted molar refractivity (Wildman–Crippen MR) is 104 cm³/mol. The predicted octanol–water partition coefficient (Wildman–Crippen LogP) is 3.35. The van der Waals surface area contributed by atoms with Crippen LogP contribution in [0, 0.1) is 30.1 Å². The van der Waals surface area contributed by atoms with Gasteiger partial charge in [0, 0.05) is 19.8 Å². The van der Waals surface area contributed by atoms with E-state index in [0.717, 1.165) is 5.52 Å². The Kier molecular flexibility index (Phi) is 4.42. The third kappa shape index (κ3) is 3.27. The van der Waals surface area contributed by atoms with Gasteiger partial charge in [0.15, 0.2) is 0 Å². The Morgan fingerprint density at radius 1 is 1.41 bits per heavy atom. The number of alkyl halides is 1. The van der Waals surface area contributed by atoms with E-state index in [1.165, 1.54) is 6.07 Å². The standard InChI is InChI=1S/C20H18F2N6O/c1-10-4-11(8-23)25-19(22)18(10)28(3)12-5-15(26-20(29)13-7-14(13)21)17-16(6-12)27(2)9-24-17/h4-6,9,13-14H,7H2,1-3H3,(H,26,29)/t13-,14+/m0/s1. The molecule has 0 radical (unpaired) electrons. The van der Waals surface area contributed by atoms with Gasteiger partial charge in [0.1, 0.15) is 23.5 Å². The molecule has 1 amide bonds. The molecule has 1 aliphatic rings. The summed E-state index contributed by atoms with van der Waals surface area (Å²) < 4.78 is 29.6. The summed E-state index contributed by atoms with van der Waals surface area (Å²) in [5, 5.41) is 11.7. The summed E-state index contributed by atoms with van der Waals surface area (Å²) in [4.78, 5) is 21.9. The van der Waals surface area contributed by atoms with Crippen LogP contribution in [-0.2, 0) is 11.8 Å². The topological polar surface area (TPSA) is 86.8 Å². The van der Waals surface area contributed by atoms with E-state index in [4.69, 9.17) is 5.26 Å². The number of carbonyl (C=O) groups is 1. The minimum atomic E-state index is -1.11. The SMILES string of the molecule is Cc1cc(C#N)nc(F)c1N(C)c1cc(NC(=O)[C@H]2C[C@H]2F)c2ncn(C)c2c1. The number of anilines is 3. The highest BCUT2D eigenvalue weighted by Crippen LogP contribution is 2.37. The number of nitrogens with zero attached hydrogens (tertiary/aromatic N) is 5. The molecule has 9 heteroatoms. The molecule has 1 aliphatic carbocycles. The molecule has 7 nitrogen and oxygen atoms in total. The Hall–Kier alpha value is -3.54. The van der Waals surface area contributed by atoms with Gasteiger partial charge in [0.05, 0.1) is 29.1 Å². The molecule has 148 valence electrons. The number of nitriles is 1. The number of amides is 1. The fourth-order valence-electron chi connectivity index (χ4n) is 3.38. The van der Waals surface area contributed by atoms with E-state index in [-0.39, 0.29) is 17.8 Å². The first kappa shape index (κ1) is 18.8. The van der Waals surface area contributed by atoms with Crippen molar-refractivity contribution < 1.29 is 13.6 Å². The van der Waals surface area contributed by atoms with Crippen LogP contribution in [0.25, 0.3) is 11.0 Å². The summed E-state index contributed by atoms with van der Waals surface area (Å²) >= 11 is 0. The number of carbonyl (C=O) groups excluding carboxylic acids is 1. The molecule has 1 N–H and O–H groups in total. The molecule has 0 spiro atoms. The van der Waals surface area contributed by atoms with Crippen molar-refractivity contribution in [3.8, 4) is 6.07 Å². The van der Waals surface area contributed by atoms with Gasteiger partial charge in [-0.05, 0) is 37.1 Å². The van der Waals surface area contributed by atoms with E-state index in [9.17, 15) is 13.6 Å². The van der Waals surface area contributed by atoms with Gasteiger partial charge in [-0.15, -0.1) is 0 Å². The van der Waals surface area contributed by atoms with Gasteiger partial charge in [0.25, 0.3) is 0 Å². The van der Waals surface area contributed by atoms with Crippen molar-refractivity contribution in [3.63, 3.8) is 0 Å². The second-order valence-electron chi connectivity index (χ2n) is 7.20. The number of imidazole rings is 1. The van der Waals surface area contributed by atoms with Crippen LogP contribution in [0.15, 0.2) is 24.5 Å². The van der Waals surface area contributed by atoms with Crippen molar-refractivity contribution in [3.05, 3.63) is 41.7 Å². The van der Waals surface area contributed by atoms with Gasteiger partial charge in [0.2, 0.25) is 11.9 Å². The number of nitrogens with one attached hydrogen (secondary N) is 1. The lowest BCUT2D eigenvalue weighted by molar-refractivity contribution is -0.117. The molecular weight excluding hydrogens is 378 g/mol. The maximum Gasteiger partial charge on any atom is 0.238 e. The first-order chi connectivity index (χ1) is 13.8. The second-order valence-corrected chi connectivity index (χ2v) is 7.20. The highest BCUT2D eigenvalue weighted by molar-refractivity contribution is 6.03. The third-order valence-corrected chi connectivity index (χ3v) is 5.10. The zero-order chi connectivity index (χ0) is 20.9. The molecule has 0 saturated heterocycles. The number of halogens is 2. The number of fused-ring (bicyclic) bond motifs is 1. The molecule has 0 unspecified atom stereocenters. The van der Waals surface area contributed by atoms with E-state index in [0.29, 0.717) is 22.5 Å². The molecule has 0 aliphatic heterocycles. The molecule has 2 heterocycles.